The van der Waals surface area contributed by atoms with E-state index >= 15 is 0 Å². The molecule has 11 nitrogen and oxygen atoms in total. The van der Waals surface area contributed by atoms with Crippen molar-refractivity contribution >= 4 is 22.8 Å². The van der Waals surface area contributed by atoms with Crippen LogP contribution in [0.5, 0.6) is 0 Å². The molecular formula is C36H40N8O3. The van der Waals surface area contributed by atoms with Gasteiger partial charge in [-0.2, -0.15) is 0 Å². The summed E-state index contributed by atoms with van der Waals surface area (Å²) in [5, 5.41) is 8.50. The Morgan fingerprint density at radius 2 is 1.55 bits per heavy atom. The number of carbonyl (C=O) groups excluding carboxylic acids is 2. The van der Waals surface area contributed by atoms with Crippen LogP contribution in [0, 0.1) is 5.92 Å². The monoisotopic (exact) mass is 632 g/mol. The molecule has 0 bridgehead atoms. The summed E-state index contributed by atoms with van der Waals surface area (Å²) in [6.45, 7) is 5.47. The van der Waals surface area contributed by atoms with Crippen molar-refractivity contribution in [2.75, 3.05) is 20.2 Å². The van der Waals surface area contributed by atoms with E-state index in [0.29, 0.717) is 12.6 Å². The molecule has 0 spiro atoms. The van der Waals surface area contributed by atoms with Gasteiger partial charge in [0.1, 0.15) is 17.7 Å². The van der Waals surface area contributed by atoms with Crippen LogP contribution >= 0.6 is 0 Å². The van der Waals surface area contributed by atoms with Crippen LogP contribution in [-0.4, -0.2) is 68.1 Å². The fourth-order valence-corrected chi connectivity index (χ4v) is 6.72. The van der Waals surface area contributed by atoms with E-state index < -0.39 is 12.1 Å². The van der Waals surface area contributed by atoms with Crippen molar-refractivity contribution in [3.8, 4) is 33.8 Å². The van der Waals surface area contributed by atoms with Crippen LogP contribution in [0.1, 0.15) is 63.3 Å². The summed E-state index contributed by atoms with van der Waals surface area (Å²) in [6, 6.07) is 16.4. The first-order chi connectivity index (χ1) is 22.9. The van der Waals surface area contributed by atoms with E-state index in [1.54, 1.807) is 6.20 Å². The molecule has 2 aromatic carbocycles. The maximum atomic E-state index is 13.5. The van der Waals surface area contributed by atoms with Crippen LogP contribution in [-0.2, 0) is 9.53 Å². The number of ether oxygens (including phenoxy) is 1. The third-order valence-corrected chi connectivity index (χ3v) is 9.35. The van der Waals surface area contributed by atoms with Gasteiger partial charge in [-0.1, -0.05) is 38.1 Å². The van der Waals surface area contributed by atoms with E-state index in [2.05, 4.69) is 67.0 Å². The molecule has 47 heavy (non-hydrogen) atoms. The Balaban J connectivity index is 1.05. The number of nitrogens with one attached hydrogen (secondary N) is 4. The van der Waals surface area contributed by atoms with E-state index in [-0.39, 0.29) is 17.9 Å². The van der Waals surface area contributed by atoms with Crippen molar-refractivity contribution in [2.24, 2.45) is 5.92 Å². The number of hydrogen-bond donors (Lipinski definition) is 4. The average Bonchev–Trinajstić information content (AvgIpc) is 3.93. The average molecular weight is 633 g/mol. The number of aromatic nitrogens is 5. The molecule has 2 aliphatic rings. The van der Waals surface area contributed by atoms with Crippen molar-refractivity contribution in [3.63, 3.8) is 0 Å². The number of likely N-dealkylation sites (tertiary alicyclic amines) is 1. The number of nitrogens with zero attached hydrogens (tertiary/aromatic N) is 4. The molecule has 2 aliphatic heterocycles. The lowest BCUT2D eigenvalue weighted by Crippen LogP contribution is -2.51. The normalized spacial score (nSPS) is 18.6. The Hall–Kier alpha value is -5.03. The summed E-state index contributed by atoms with van der Waals surface area (Å²) >= 11 is 0. The van der Waals surface area contributed by atoms with Gasteiger partial charge in [-0.15, -0.1) is 0 Å². The number of pyridine rings is 1. The summed E-state index contributed by atoms with van der Waals surface area (Å²) in [7, 11) is 1.30. The molecule has 7 rings (SSSR count). The quantitative estimate of drug-likeness (QED) is 0.161. The lowest BCUT2D eigenvalue weighted by atomic mass is 10.0. The number of H-pyrrole nitrogens is 2. The second-order valence-corrected chi connectivity index (χ2v) is 12.8. The van der Waals surface area contributed by atoms with Crippen LogP contribution in [0.3, 0.4) is 0 Å². The molecule has 3 atom stereocenters. The number of amides is 2. The maximum absolute atomic E-state index is 13.5. The highest BCUT2D eigenvalue weighted by Crippen LogP contribution is 2.33. The van der Waals surface area contributed by atoms with Gasteiger partial charge in [-0.25, -0.2) is 14.8 Å². The molecule has 3 aromatic heterocycles. The van der Waals surface area contributed by atoms with Crippen molar-refractivity contribution in [2.45, 2.75) is 57.7 Å². The fourth-order valence-electron chi connectivity index (χ4n) is 6.72. The van der Waals surface area contributed by atoms with Crippen LogP contribution in [0.25, 0.3) is 44.5 Å². The largest absolute Gasteiger partial charge is 0.453 e. The zero-order valence-electron chi connectivity index (χ0n) is 26.9. The molecule has 0 saturated carbocycles. The number of carbonyl (C=O) groups is 2. The number of methoxy groups -OCH3 is 1. The number of fused-ring (bicyclic) bond motifs is 1. The predicted octanol–water partition coefficient (Wildman–Crippen LogP) is 6.15. The molecule has 4 N–H and O–H groups in total. The van der Waals surface area contributed by atoms with Crippen molar-refractivity contribution < 1.29 is 14.3 Å². The zero-order valence-corrected chi connectivity index (χ0v) is 26.9. The van der Waals surface area contributed by atoms with Gasteiger partial charge in [0, 0.05) is 29.4 Å². The number of alkyl carbamates (subject to hydrolysis) is 1. The first-order valence-corrected chi connectivity index (χ1v) is 16.4. The smallest absolute Gasteiger partial charge is 0.407 e. The highest BCUT2D eigenvalue weighted by Gasteiger charge is 2.37. The second kappa shape index (κ2) is 13.0. The predicted molar refractivity (Wildman–Crippen MR) is 180 cm³/mol. The Bertz CT molecular complexity index is 1890. The Morgan fingerprint density at radius 3 is 2.26 bits per heavy atom. The van der Waals surface area contributed by atoms with Gasteiger partial charge in [0.05, 0.1) is 48.7 Å². The van der Waals surface area contributed by atoms with Gasteiger partial charge in [-0.3, -0.25) is 9.78 Å². The van der Waals surface area contributed by atoms with Crippen molar-refractivity contribution in [3.05, 3.63) is 78.8 Å². The van der Waals surface area contributed by atoms with E-state index in [4.69, 9.17) is 9.72 Å². The Kier molecular flexibility index (Phi) is 8.46. The molecule has 0 radical (unpaired) electrons. The van der Waals surface area contributed by atoms with Gasteiger partial charge in [0.15, 0.2) is 0 Å². The zero-order chi connectivity index (χ0) is 32.5. The highest BCUT2D eigenvalue weighted by atomic mass is 16.5. The first-order valence-electron chi connectivity index (χ1n) is 16.4. The van der Waals surface area contributed by atoms with E-state index in [9.17, 15) is 9.59 Å². The molecule has 0 aliphatic carbocycles. The minimum atomic E-state index is -0.671. The van der Waals surface area contributed by atoms with Gasteiger partial charge in [-0.05, 0) is 73.2 Å². The number of rotatable bonds is 8. The third-order valence-electron chi connectivity index (χ3n) is 9.35. The first kappa shape index (κ1) is 30.6. The SMILES string of the molecule is COC(=O)N[C@H](C(=O)N1CCC[C@H]1c1ncc(-c2ccc(-c3ccc4cc(-c5cnc([C@@H]6CCCN6)[nH]5)ccc4c3)nc2)[nH]1)C(C)C. The minimum Gasteiger partial charge on any atom is -0.453 e. The summed E-state index contributed by atoms with van der Waals surface area (Å²) in [5.74, 6) is 1.52. The van der Waals surface area contributed by atoms with Gasteiger partial charge >= 0.3 is 6.09 Å². The van der Waals surface area contributed by atoms with Crippen molar-refractivity contribution in [1.29, 1.82) is 0 Å². The molecule has 0 unspecified atom stereocenters. The minimum absolute atomic E-state index is 0.0888. The van der Waals surface area contributed by atoms with Crippen LogP contribution < -0.4 is 10.6 Å². The molecule has 2 amide bonds. The van der Waals surface area contributed by atoms with Gasteiger partial charge < -0.3 is 30.2 Å². The molecule has 5 heterocycles. The summed E-state index contributed by atoms with van der Waals surface area (Å²) in [6.07, 6.45) is 8.91. The number of aromatic amines is 2. The lowest BCUT2D eigenvalue weighted by Gasteiger charge is -2.30. The van der Waals surface area contributed by atoms with Crippen LogP contribution in [0.15, 0.2) is 67.1 Å². The lowest BCUT2D eigenvalue weighted by molar-refractivity contribution is -0.135. The van der Waals surface area contributed by atoms with Crippen LogP contribution in [0.4, 0.5) is 4.79 Å². The molecule has 242 valence electrons. The Labute approximate surface area is 273 Å². The molecule has 2 saturated heterocycles. The second-order valence-electron chi connectivity index (χ2n) is 12.8. The summed E-state index contributed by atoms with van der Waals surface area (Å²) in [5.41, 5.74) is 5.81. The van der Waals surface area contributed by atoms with E-state index in [1.165, 1.54) is 13.5 Å². The third kappa shape index (κ3) is 6.23. The maximum Gasteiger partial charge on any atom is 0.407 e. The number of benzene rings is 2. The number of imidazole rings is 2. The van der Waals surface area contributed by atoms with Gasteiger partial charge in [0.2, 0.25) is 5.91 Å². The standard InChI is InChI=1S/C36H40N8O3/c1-21(2)32(43-36(46)47-3)35(45)44-15-5-7-31(44)34-40-20-30(42-34)26-12-13-27(38-18-26)24-10-8-23-17-25(11-9-22(23)16-24)29-19-39-33(41-29)28-6-4-14-37-28/h8-13,16-21,28,31-32,37H,4-7,14-15H2,1-3H3,(H,39,41)(H,40,42)(H,43,46)/t28-,31-,32-/m0/s1. The summed E-state index contributed by atoms with van der Waals surface area (Å²) < 4.78 is 4.75. The van der Waals surface area contributed by atoms with E-state index in [0.717, 1.165) is 82.0 Å². The summed E-state index contributed by atoms with van der Waals surface area (Å²) in [4.78, 5) is 48.2. The molecule has 11 heteroatoms. The molecule has 5 aromatic rings. The topological polar surface area (TPSA) is 141 Å². The molecular weight excluding hydrogens is 592 g/mol. The fraction of sp³-hybridized carbons (Fsp3) is 0.361. The number of hydrogen-bond acceptors (Lipinski definition) is 7. The highest BCUT2D eigenvalue weighted by molar-refractivity contribution is 5.90. The van der Waals surface area contributed by atoms with Gasteiger partial charge in [0.25, 0.3) is 0 Å². The van der Waals surface area contributed by atoms with Crippen molar-refractivity contribution in [1.82, 2.24) is 40.5 Å². The Morgan fingerprint density at radius 1 is 0.851 bits per heavy atom. The molecule has 2 fully saturated rings. The van der Waals surface area contributed by atoms with E-state index in [1.807, 2.05) is 43.3 Å². The van der Waals surface area contributed by atoms with Crippen LogP contribution in [0.2, 0.25) is 0 Å².